The fourth-order valence-electron chi connectivity index (χ4n) is 2.80. The van der Waals surface area contributed by atoms with Gasteiger partial charge in [0.25, 0.3) is 0 Å². The van der Waals surface area contributed by atoms with E-state index in [0.29, 0.717) is 18.2 Å². The number of aromatic nitrogens is 2. The third-order valence-electron chi connectivity index (χ3n) is 3.79. The molecule has 1 atom stereocenters. The lowest BCUT2D eigenvalue weighted by atomic mass is 10.1. The number of nitrogens with one attached hydrogen (secondary N) is 1. The van der Waals surface area contributed by atoms with Crippen LogP contribution in [-0.4, -0.2) is 45.4 Å². The molecule has 6 nitrogen and oxygen atoms in total. The van der Waals surface area contributed by atoms with Crippen LogP contribution in [0, 0.1) is 13.8 Å². The van der Waals surface area contributed by atoms with Gasteiger partial charge >= 0.3 is 6.03 Å². The van der Waals surface area contributed by atoms with E-state index in [1.807, 2.05) is 13.8 Å². The van der Waals surface area contributed by atoms with Crippen molar-refractivity contribution in [2.24, 2.45) is 0 Å². The normalized spacial score (nSPS) is 18.0. The number of rotatable bonds is 2. The average molecular weight is 332 g/mol. The number of aliphatic hydroxyl groups is 1. The van der Waals surface area contributed by atoms with E-state index in [2.05, 4.69) is 33.7 Å². The molecule has 1 aromatic heterocycles. The number of amides is 2. The van der Waals surface area contributed by atoms with Crippen LogP contribution in [0.5, 0.6) is 0 Å². The monoisotopic (exact) mass is 332 g/mol. The molecule has 0 saturated carbocycles. The number of likely N-dealkylation sites (tertiary alicyclic amines) is 1. The summed E-state index contributed by atoms with van der Waals surface area (Å²) in [5.74, 6) is 0. The second kappa shape index (κ2) is 6.64. The van der Waals surface area contributed by atoms with Gasteiger partial charge in [-0.1, -0.05) is 28.5 Å². The number of aryl methyl sites for hydroxylation is 2. The average Bonchev–Trinajstić information content (AvgIpc) is 2.95. The third-order valence-corrected chi connectivity index (χ3v) is 4.68. The Balaban J connectivity index is 1.70. The molecule has 7 heteroatoms. The molecule has 2 N–H and O–H groups in total. The largest absolute Gasteiger partial charge is 0.391 e. The Kier molecular flexibility index (Phi) is 4.58. The summed E-state index contributed by atoms with van der Waals surface area (Å²) in [6, 6.07) is 5.99. The molecule has 1 aromatic carbocycles. The van der Waals surface area contributed by atoms with Gasteiger partial charge in [0.1, 0.15) is 5.01 Å². The first-order valence-electron chi connectivity index (χ1n) is 7.67. The van der Waals surface area contributed by atoms with Crippen molar-refractivity contribution < 1.29 is 9.90 Å². The van der Waals surface area contributed by atoms with Crippen molar-refractivity contribution in [2.45, 2.75) is 32.8 Å². The van der Waals surface area contributed by atoms with Gasteiger partial charge in [0.05, 0.1) is 6.10 Å². The van der Waals surface area contributed by atoms with Crippen LogP contribution in [0.25, 0.3) is 10.6 Å². The van der Waals surface area contributed by atoms with E-state index < -0.39 is 6.10 Å². The van der Waals surface area contributed by atoms with Crippen molar-refractivity contribution in [3.05, 3.63) is 29.3 Å². The van der Waals surface area contributed by atoms with Gasteiger partial charge in [-0.05, 0) is 38.8 Å². The lowest BCUT2D eigenvalue weighted by molar-refractivity contribution is 0.0883. The predicted molar refractivity (Wildman–Crippen MR) is 90.7 cm³/mol. The highest BCUT2D eigenvalue weighted by atomic mass is 32.1. The van der Waals surface area contributed by atoms with E-state index in [1.54, 1.807) is 4.90 Å². The van der Waals surface area contributed by atoms with Gasteiger partial charge in [-0.15, -0.1) is 10.2 Å². The summed E-state index contributed by atoms with van der Waals surface area (Å²) < 4.78 is 0. The zero-order chi connectivity index (χ0) is 16.4. The van der Waals surface area contributed by atoms with Gasteiger partial charge in [-0.25, -0.2) is 4.79 Å². The quantitative estimate of drug-likeness (QED) is 0.886. The highest BCUT2D eigenvalue weighted by Gasteiger charge is 2.23. The Bertz CT molecular complexity index is 696. The highest BCUT2D eigenvalue weighted by Crippen LogP contribution is 2.28. The maximum atomic E-state index is 12.2. The second-order valence-corrected chi connectivity index (χ2v) is 6.94. The van der Waals surface area contributed by atoms with Crippen molar-refractivity contribution >= 4 is 22.5 Å². The molecule has 23 heavy (non-hydrogen) atoms. The first kappa shape index (κ1) is 15.9. The highest BCUT2D eigenvalue weighted by molar-refractivity contribution is 7.18. The van der Waals surface area contributed by atoms with Gasteiger partial charge in [-0.3, -0.25) is 5.32 Å². The van der Waals surface area contributed by atoms with Crippen LogP contribution in [0.1, 0.15) is 24.0 Å². The van der Waals surface area contributed by atoms with Crippen LogP contribution in [0.2, 0.25) is 0 Å². The Hall–Kier alpha value is -1.99. The van der Waals surface area contributed by atoms with E-state index in [0.717, 1.165) is 23.4 Å². The minimum absolute atomic E-state index is 0.230. The zero-order valence-corrected chi connectivity index (χ0v) is 14.1. The van der Waals surface area contributed by atoms with Crippen LogP contribution in [0.4, 0.5) is 9.93 Å². The van der Waals surface area contributed by atoms with E-state index in [4.69, 9.17) is 0 Å². The lowest BCUT2D eigenvalue weighted by Crippen LogP contribution is -2.44. The molecule has 0 bridgehead atoms. The fraction of sp³-hybridized carbons (Fsp3) is 0.438. The van der Waals surface area contributed by atoms with Gasteiger partial charge < -0.3 is 10.0 Å². The fourth-order valence-corrected chi connectivity index (χ4v) is 3.52. The van der Waals surface area contributed by atoms with E-state index in [9.17, 15) is 9.90 Å². The minimum Gasteiger partial charge on any atom is -0.391 e. The van der Waals surface area contributed by atoms with Gasteiger partial charge in [0, 0.05) is 18.7 Å². The minimum atomic E-state index is -0.435. The number of hydrogen-bond acceptors (Lipinski definition) is 5. The van der Waals surface area contributed by atoms with Crippen LogP contribution >= 0.6 is 11.3 Å². The number of piperidine rings is 1. The molecule has 122 valence electrons. The number of benzene rings is 1. The zero-order valence-electron chi connectivity index (χ0n) is 13.2. The summed E-state index contributed by atoms with van der Waals surface area (Å²) in [7, 11) is 0. The Morgan fingerprint density at radius 3 is 2.74 bits per heavy atom. The van der Waals surface area contributed by atoms with E-state index in [1.165, 1.54) is 22.5 Å². The maximum absolute atomic E-state index is 12.2. The Morgan fingerprint density at radius 2 is 2.04 bits per heavy atom. The van der Waals surface area contributed by atoms with Gasteiger partial charge in [0.2, 0.25) is 5.13 Å². The van der Waals surface area contributed by atoms with Crippen molar-refractivity contribution in [1.82, 2.24) is 15.1 Å². The first-order chi connectivity index (χ1) is 11.0. The van der Waals surface area contributed by atoms with Crippen LogP contribution < -0.4 is 5.32 Å². The van der Waals surface area contributed by atoms with Gasteiger partial charge in [0.15, 0.2) is 0 Å². The van der Waals surface area contributed by atoms with E-state index >= 15 is 0 Å². The summed E-state index contributed by atoms with van der Waals surface area (Å²) in [5.41, 5.74) is 3.35. The number of anilines is 1. The summed E-state index contributed by atoms with van der Waals surface area (Å²) in [6.45, 7) is 5.12. The third kappa shape index (κ3) is 3.86. The Labute approximate surface area is 139 Å². The molecule has 1 fully saturated rings. The van der Waals surface area contributed by atoms with Crippen molar-refractivity contribution in [2.75, 3.05) is 18.4 Å². The summed E-state index contributed by atoms with van der Waals surface area (Å²) in [6.07, 6.45) is 1.13. The Morgan fingerprint density at radius 1 is 1.30 bits per heavy atom. The number of nitrogens with zero attached hydrogens (tertiary/aromatic N) is 3. The van der Waals surface area contributed by atoms with E-state index in [-0.39, 0.29) is 6.03 Å². The molecule has 1 aliphatic heterocycles. The predicted octanol–water partition coefficient (Wildman–Crippen LogP) is 2.81. The standard InChI is InChI=1S/C16H20N4O2S/c1-10-6-11(2)8-12(7-10)14-18-19-15(23-14)17-16(22)20-5-3-4-13(21)9-20/h6-8,13,21H,3-5,9H2,1-2H3,(H,17,19,22). The molecule has 2 aromatic rings. The van der Waals surface area contributed by atoms with Crippen LogP contribution in [-0.2, 0) is 0 Å². The van der Waals surface area contributed by atoms with Crippen molar-refractivity contribution in [1.29, 1.82) is 0 Å². The molecule has 1 saturated heterocycles. The molecular formula is C16H20N4O2S. The molecule has 0 radical (unpaired) electrons. The smallest absolute Gasteiger partial charge is 0.323 e. The molecule has 0 spiro atoms. The number of carbonyl (C=O) groups is 1. The summed E-state index contributed by atoms with van der Waals surface area (Å²) >= 11 is 1.35. The molecule has 2 heterocycles. The molecule has 3 rings (SSSR count). The molecule has 0 aliphatic carbocycles. The van der Waals surface area contributed by atoms with Crippen molar-refractivity contribution in [3.63, 3.8) is 0 Å². The second-order valence-electron chi connectivity index (χ2n) is 5.96. The summed E-state index contributed by atoms with van der Waals surface area (Å²) in [4.78, 5) is 13.8. The first-order valence-corrected chi connectivity index (χ1v) is 8.49. The molecule has 1 aliphatic rings. The lowest BCUT2D eigenvalue weighted by Gasteiger charge is -2.29. The SMILES string of the molecule is Cc1cc(C)cc(-c2nnc(NC(=O)N3CCCC(O)C3)s2)c1. The van der Waals surface area contributed by atoms with Crippen LogP contribution in [0.15, 0.2) is 18.2 Å². The van der Waals surface area contributed by atoms with Crippen molar-refractivity contribution in [3.8, 4) is 10.6 Å². The number of hydrogen-bond donors (Lipinski definition) is 2. The molecule has 1 unspecified atom stereocenters. The maximum Gasteiger partial charge on any atom is 0.323 e. The van der Waals surface area contributed by atoms with Crippen LogP contribution in [0.3, 0.4) is 0 Å². The number of β-amino-alcohol motifs (C(OH)–C–C–N with tert-alkyl or cyclic N) is 1. The van der Waals surface area contributed by atoms with Gasteiger partial charge in [-0.2, -0.15) is 0 Å². The molecule has 2 amide bonds. The summed E-state index contributed by atoms with van der Waals surface area (Å²) in [5, 5.41) is 21.9. The molecular weight excluding hydrogens is 312 g/mol. The number of carbonyl (C=O) groups excluding carboxylic acids is 1. The topological polar surface area (TPSA) is 78.4 Å². The number of aliphatic hydroxyl groups excluding tert-OH is 1. The number of urea groups is 1.